The molecule has 2 aromatic carbocycles. The van der Waals surface area contributed by atoms with Crippen LogP contribution in [0.3, 0.4) is 0 Å². The van der Waals surface area contributed by atoms with Gasteiger partial charge in [-0.1, -0.05) is 54.6 Å². The maximum atomic E-state index is 12.8. The molecule has 0 saturated heterocycles. The lowest BCUT2D eigenvalue weighted by Crippen LogP contribution is -2.61. The Morgan fingerprint density at radius 1 is 1.00 bits per heavy atom. The summed E-state index contributed by atoms with van der Waals surface area (Å²) in [5.41, 5.74) is 8.90. The molecule has 2 aromatic rings. The lowest BCUT2D eigenvalue weighted by Gasteiger charge is -2.34. The fourth-order valence-electron chi connectivity index (χ4n) is 3.59. The maximum absolute atomic E-state index is 12.8. The first-order valence-corrected chi connectivity index (χ1v) is 11.1. The van der Waals surface area contributed by atoms with Crippen LogP contribution in [-0.4, -0.2) is 54.7 Å². The molecule has 9 nitrogen and oxygen atoms in total. The molecule has 0 aromatic heterocycles. The molecule has 0 aliphatic carbocycles. The normalized spacial score (nSPS) is 19.2. The molecule has 3 rings (SSSR count). The number of alkyl halides is 3. The first-order chi connectivity index (χ1) is 17.5. The lowest BCUT2D eigenvalue weighted by molar-refractivity contribution is -0.201. The van der Waals surface area contributed by atoms with E-state index < -0.39 is 53.9 Å². The van der Waals surface area contributed by atoms with E-state index >= 15 is 0 Å². The van der Waals surface area contributed by atoms with E-state index in [-0.39, 0.29) is 6.54 Å². The SMILES string of the molecule is CC(=O)N[C@@H]1[C@@H](N)C=C(C(=O)OC(=O)C(F)(F)F)O[C@H]1C(=O)NCCc1ccc(-c2ccccc2)cc1. The number of carbonyl (C=O) groups excluding carboxylic acids is 4. The summed E-state index contributed by atoms with van der Waals surface area (Å²) in [4.78, 5) is 47.4. The Kier molecular flexibility index (Phi) is 8.66. The predicted octanol–water partition coefficient (Wildman–Crippen LogP) is 1.76. The number of rotatable bonds is 7. The predicted molar refractivity (Wildman–Crippen MR) is 124 cm³/mol. The second-order valence-corrected chi connectivity index (χ2v) is 8.15. The van der Waals surface area contributed by atoms with Gasteiger partial charge in [0.2, 0.25) is 11.7 Å². The van der Waals surface area contributed by atoms with Gasteiger partial charge in [-0.05, 0) is 29.2 Å². The third-order valence-corrected chi connectivity index (χ3v) is 5.36. The van der Waals surface area contributed by atoms with Crippen LogP contribution in [0.25, 0.3) is 11.1 Å². The van der Waals surface area contributed by atoms with E-state index in [1.165, 1.54) is 0 Å². The zero-order valence-electron chi connectivity index (χ0n) is 19.6. The third-order valence-electron chi connectivity index (χ3n) is 5.36. The molecule has 12 heteroatoms. The van der Waals surface area contributed by atoms with Crippen LogP contribution in [0.5, 0.6) is 0 Å². The number of esters is 2. The molecule has 196 valence electrons. The highest BCUT2D eigenvalue weighted by Gasteiger charge is 2.45. The zero-order chi connectivity index (χ0) is 27.2. The van der Waals surface area contributed by atoms with Crippen LogP contribution in [0.4, 0.5) is 13.2 Å². The maximum Gasteiger partial charge on any atom is 0.491 e. The van der Waals surface area contributed by atoms with Crippen molar-refractivity contribution in [3.8, 4) is 11.1 Å². The van der Waals surface area contributed by atoms with Crippen LogP contribution in [0.1, 0.15) is 12.5 Å². The fourth-order valence-corrected chi connectivity index (χ4v) is 3.59. The fraction of sp³-hybridized carbons (Fsp3) is 0.280. The number of nitrogens with one attached hydrogen (secondary N) is 2. The van der Waals surface area contributed by atoms with Gasteiger partial charge in [0.25, 0.3) is 5.91 Å². The molecule has 37 heavy (non-hydrogen) atoms. The van der Waals surface area contributed by atoms with Gasteiger partial charge in [0, 0.05) is 13.5 Å². The molecule has 3 atom stereocenters. The van der Waals surface area contributed by atoms with Crippen LogP contribution in [0.15, 0.2) is 66.4 Å². The van der Waals surface area contributed by atoms with Crippen molar-refractivity contribution in [3.63, 3.8) is 0 Å². The van der Waals surface area contributed by atoms with Gasteiger partial charge in [-0.2, -0.15) is 13.2 Å². The zero-order valence-corrected chi connectivity index (χ0v) is 19.6. The molecule has 0 saturated carbocycles. The minimum atomic E-state index is -5.41. The van der Waals surface area contributed by atoms with Gasteiger partial charge in [-0.3, -0.25) is 9.59 Å². The highest BCUT2D eigenvalue weighted by atomic mass is 19.4. The summed E-state index contributed by atoms with van der Waals surface area (Å²) in [7, 11) is 0. The largest absolute Gasteiger partial charge is 0.491 e. The monoisotopic (exact) mass is 519 g/mol. The van der Waals surface area contributed by atoms with Crippen LogP contribution in [0.2, 0.25) is 0 Å². The van der Waals surface area contributed by atoms with Gasteiger partial charge in [0.05, 0.1) is 12.1 Å². The van der Waals surface area contributed by atoms with Gasteiger partial charge >= 0.3 is 18.1 Å². The Bertz CT molecular complexity index is 1180. The van der Waals surface area contributed by atoms with Crippen molar-refractivity contribution in [2.75, 3.05) is 6.54 Å². The van der Waals surface area contributed by atoms with Gasteiger partial charge < -0.3 is 25.8 Å². The molecule has 0 fully saturated rings. The van der Waals surface area contributed by atoms with Crippen molar-refractivity contribution in [2.24, 2.45) is 5.73 Å². The quantitative estimate of drug-likeness (QED) is 0.375. The summed E-state index contributed by atoms with van der Waals surface area (Å²) >= 11 is 0. The lowest BCUT2D eigenvalue weighted by atomic mass is 9.98. The van der Waals surface area contributed by atoms with Gasteiger partial charge in [0.1, 0.15) is 0 Å². The molecule has 1 aliphatic rings. The number of nitrogens with two attached hydrogens (primary N) is 1. The van der Waals surface area contributed by atoms with Crippen molar-refractivity contribution in [1.82, 2.24) is 10.6 Å². The summed E-state index contributed by atoms with van der Waals surface area (Å²) in [6.07, 6.45) is -5.70. The second kappa shape index (κ2) is 11.7. The van der Waals surface area contributed by atoms with E-state index in [1.807, 2.05) is 54.6 Å². The van der Waals surface area contributed by atoms with E-state index in [9.17, 15) is 32.3 Å². The van der Waals surface area contributed by atoms with Gasteiger partial charge in [-0.15, -0.1) is 0 Å². The standard InChI is InChI=1S/C25H24F3N3O6/c1-14(32)31-20-18(29)13-19(23(34)37-24(35)25(26,27)28)36-21(20)22(33)30-12-11-15-7-9-17(10-8-15)16-5-3-2-4-6-16/h2-10,13,18,20-21H,11-12,29H2,1H3,(H,30,33)(H,31,32)/t18-,20+,21+/m0/s1. The van der Waals surface area contributed by atoms with Crippen molar-refractivity contribution < 1.29 is 41.8 Å². The van der Waals surface area contributed by atoms with Crippen LogP contribution in [0, 0.1) is 0 Å². The number of hydrogen-bond acceptors (Lipinski definition) is 7. The Morgan fingerprint density at radius 2 is 1.62 bits per heavy atom. The number of ether oxygens (including phenoxy) is 2. The first kappa shape index (κ1) is 27.4. The molecular weight excluding hydrogens is 495 g/mol. The van der Waals surface area contributed by atoms with E-state index in [0.29, 0.717) is 6.42 Å². The molecule has 1 aliphatic heterocycles. The summed E-state index contributed by atoms with van der Waals surface area (Å²) in [6.45, 7) is 1.30. The Labute approximate surface area is 209 Å². The molecular formula is C25H24F3N3O6. The van der Waals surface area contributed by atoms with E-state index in [0.717, 1.165) is 29.7 Å². The van der Waals surface area contributed by atoms with Gasteiger partial charge in [0.15, 0.2) is 6.10 Å². The second-order valence-electron chi connectivity index (χ2n) is 8.15. The number of hydrogen-bond donors (Lipinski definition) is 3. The van der Waals surface area contributed by atoms with Crippen molar-refractivity contribution in [3.05, 3.63) is 72.0 Å². The summed E-state index contributed by atoms with van der Waals surface area (Å²) in [6, 6.07) is 15.1. The minimum absolute atomic E-state index is 0.140. The number of halogens is 3. The highest BCUT2D eigenvalue weighted by molar-refractivity contribution is 5.97. The van der Waals surface area contributed by atoms with E-state index in [2.05, 4.69) is 15.4 Å². The number of benzene rings is 2. The first-order valence-electron chi connectivity index (χ1n) is 11.1. The van der Waals surface area contributed by atoms with Crippen LogP contribution < -0.4 is 16.4 Å². The third kappa shape index (κ3) is 7.40. The van der Waals surface area contributed by atoms with Crippen LogP contribution in [-0.2, 0) is 35.1 Å². The van der Waals surface area contributed by atoms with Crippen molar-refractivity contribution in [1.29, 1.82) is 0 Å². The molecule has 1 heterocycles. The average Bonchev–Trinajstić information content (AvgIpc) is 2.85. The Balaban J connectivity index is 1.64. The molecule has 0 bridgehead atoms. The topological polar surface area (TPSA) is 137 Å². The number of amides is 2. The minimum Gasteiger partial charge on any atom is -0.471 e. The molecule has 0 unspecified atom stereocenters. The summed E-state index contributed by atoms with van der Waals surface area (Å²) in [5.74, 6) is -6.72. The molecule has 0 spiro atoms. The Hall–Kier alpha value is -4.19. The van der Waals surface area contributed by atoms with Crippen molar-refractivity contribution in [2.45, 2.75) is 37.7 Å². The molecule has 4 N–H and O–H groups in total. The summed E-state index contributed by atoms with van der Waals surface area (Å²) in [5, 5.41) is 5.02. The highest BCUT2D eigenvalue weighted by Crippen LogP contribution is 2.22. The van der Waals surface area contributed by atoms with Gasteiger partial charge in [-0.25, -0.2) is 9.59 Å². The average molecular weight is 519 g/mol. The molecule has 0 radical (unpaired) electrons. The van der Waals surface area contributed by atoms with E-state index in [4.69, 9.17) is 10.5 Å². The van der Waals surface area contributed by atoms with Crippen LogP contribution >= 0.6 is 0 Å². The summed E-state index contributed by atoms with van der Waals surface area (Å²) < 4.78 is 46.3. The van der Waals surface area contributed by atoms with E-state index in [1.54, 1.807) is 0 Å². The van der Waals surface area contributed by atoms with Crippen molar-refractivity contribution >= 4 is 23.8 Å². The molecule has 2 amide bonds. The Morgan fingerprint density at radius 3 is 2.22 bits per heavy atom. The number of carbonyl (C=O) groups is 4. The smallest absolute Gasteiger partial charge is 0.471 e.